The molecule has 4 nitrogen and oxygen atoms in total. The first-order valence-corrected chi connectivity index (χ1v) is 9.03. The topological polar surface area (TPSA) is 34.1 Å². The van der Waals surface area contributed by atoms with Crippen molar-refractivity contribution in [1.29, 1.82) is 0 Å². The van der Waals surface area contributed by atoms with Crippen molar-refractivity contribution >= 4 is 17.3 Å². The molecule has 0 aliphatic carbocycles. The van der Waals surface area contributed by atoms with E-state index in [4.69, 9.17) is 9.47 Å². The van der Waals surface area contributed by atoms with Crippen LogP contribution in [-0.4, -0.2) is 33.2 Å². The van der Waals surface area contributed by atoms with Crippen molar-refractivity contribution in [2.75, 3.05) is 32.2 Å². The molecule has 0 N–H and O–H groups in total. The number of ether oxygens (including phenoxy) is 2. The first-order chi connectivity index (χ1) is 12.7. The third-order valence-corrected chi connectivity index (χ3v) is 4.68. The van der Waals surface area contributed by atoms with Crippen molar-refractivity contribution in [2.24, 2.45) is 4.99 Å². The van der Waals surface area contributed by atoms with Crippen molar-refractivity contribution < 1.29 is 9.47 Å². The van der Waals surface area contributed by atoms with Gasteiger partial charge in [0.25, 0.3) is 0 Å². The molecule has 26 heavy (non-hydrogen) atoms. The lowest BCUT2D eigenvalue weighted by atomic mass is 10.1. The zero-order valence-electron chi connectivity index (χ0n) is 15.6. The second-order valence-electron chi connectivity index (χ2n) is 6.36. The van der Waals surface area contributed by atoms with Gasteiger partial charge < -0.3 is 14.4 Å². The summed E-state index contributed by atoms with van der Waals surface area (Å²) in [7, 11) is 3.28. The molecule has 2 aromatic carbocycles. The normalized spacial score (nSPS) is 14.8. The van der Waals surface area contributed by atoms with Gasteiger partial charge in [0.2, 0.25) is 5.90 Å². The van der Waals surface area contributed by atoms with Gasteiger partial charge in [0, 0.05) is 29.9 Å². The Hall–Kier alpha value is -2.75. The third kappa shape index (κ3) is 4.07. The molecule has 136 valence electrons. The van der Waals surface area contributed by atoms with Crippen LogP contribution in [0, 0.1) is 0 Å². The molecule has 0 saturated carbocycles. The van der Waals surface area contributed by atoms with Crippen LogP contribution in [0.2, 0.25) is 0 Å². The van der Waals surface area contributed by atoms with E-state index in [9.17, 15) is 0 Å². The Kier molecular flexibility index (Phi) is 5.95. The fourth-order valence-electron chi connectivity index (χ4n) is 3.26. The van der Waals surface area contributed by atoms with Crippen molar-refractivity contribution in [3.63, 3.8) is 0 Å². The van der Waals surface area contributed by atoms with E-state index < -0.39 is 0 Å². The van der Waals surface area contributed by atoms with Crippen LogP contribution >= 0.6 is 0 Å². The Morgan fingerprint density at radius 2 is 1.65 bits per heavy atom. The summed E-state index contributed by atoms with van der Waals surface area (Å²) in [4.78, 5) is 7.03. The number of hydrogen-bond acceptors (Lipinski definition) is 4. The van der Waals surface area contributed by atoms with Crippen LogP contribution in [0.1, 0.15) is 30.4 Å². The van der Waals surface area contributed by atoms with Gasteiger partial charge in [-0.1, -0.05) is 18.7 Å². The highest BCUT2D eigenvalue weighted by molar-refractivity contribution is 5.97. The number of anilines is 1. The Balaban J connectivity index is 1.81. The summed E-state index contributed by atoms with van der Waals surface area (Å²) < 4.78 is 10.9. The highest BCUT2D eigenvalue weighted by Crippen LogP contribution is 2.26. The molecular weight excluding hydrogens is 324 g/mol. The molecule has 4 heteroatoms. The standard InChI is InChI=1S/C22H26N2O2/c1-17(20-9-5-6-10-21(20)25-2)23-22(26-3)18-11-13-19(14-12-18)24-15-7-4-8-16-24/h5-6,9-14H,1,4,7-8,15-16H2,2-3H3. The van der Waals surface area contributed by atoms with Crippen molar-refractivity contribution in [3.8, 4) is 5.75 Å². The molecule has 0 radical (unpaired) electrons. The number of hydrogen-bond donors (Lipinski definition) is 0. The fourth-order valence-corrected chi connectivity index (χ4v) is 3.26. The summed E-state index contributed by atoms with van der Waals surface area (Å²) in [6.45, 7) is 6.35. The van der Waals surface area contributed by atoms with Gasteiger partial charge in [-0.15, -0.1) is 0 Å². The molecule has 0 aromatic heterocycles. The van der Waals surface area contributed by atoms with Crippen LogP contribution in [0.5, 0.6) is 5.75 Å². The van der Waals surface area contributed by atoms with Gasteiger partial charge in [0.15, 0.2) is 0 Å². The number of nitrogens with zero attached hydrogens (tertiary/aromatic N) is 2. The fraction of sp³-hybridized carbons (Fsp3) is 0.318. The summed E-state index contributed by atoms with van der Waals surface area (Å²) in [6, 6.07) is 16.1. The lowest BCUT2D eigenvalue weighted by Gasteiger charge is -2.28. The van der Waals surface area contributed by atoms with E-state index in [1.165, 1.54) is 24.9 Å². The van der Waals surface area contributed by atoms with Crippen LogP contribution in [0.15, 0.2) is 60.1 Å². The van der Waals surface area contributed by atoms with Crippen LogP contribution in [-0.2, 0) is 4.74 Å². The van der Waals surface area contributed by atoms with Crippen LogP contribution < -0.4 is 9.64 Å². The zero-order chi connectivity index (χ0) is 18.4. The molecule has 3 rings (SSSR count). The summed E-state index contributed by atoms with van der Waals surface area (Å²) in [6.07, 6.45) is 3.87. The van der Waals surface area contributed by atoms with Crippen LogP contribution in [0.4, 0.5) is 5.69 Å². The van der Waals surface area contributed by atoms with E-state index in [0.29, 0.717) is 11.6 Å². The van der Waals surface area contributed by atoms with Gasteiger partial charge in [-0.05, 0) is 55.7 Å². The van der Waals surface area contributed by atoms with E-state index in [2.05, 4.69) is 40.7 Å². The van der Waals surface area contributed by atoms with Gasteiger partial charge in [-0.3, -0.25) is 0 Å². The average molecular weight is 350 g/mol. The molecule has 0 atom stereocenters. The highest BCUT2D eigenvalue weighted by atomic mass is 16.5. The lowest BCUT2D eigenvalue weighted by molar-refractivity contribution is 0.404. The van der Waals surface area contributed by atoms with Gasteiger partial charge in [0.05, 0.1) is 19.9 Å². The molecule has 0 bridgehead atoms. The van der Waals surface area contributed by atoms with Crippen LogP contribution in [0.25, 0.3) is 5.70 Å². The monoisotopic (exact) mass is 350 g/mol. The maximum atomic E-state index is 5.52. The smallest absolute Gasteiger partial charge is 0.221 e. The van der Waals surface area contributed by atoms with E-state index in [1.807, 2.05) is 24.3 Å². The van der Waals surface area contributed by atoms with E-state index in [-0.39, 0.29) is 0 Å². The second kappa shape index (κ2) is 8.56. The number of para-hydroxylation sites is 1. The number of benzene rings is 2. The molecule has 1 fully saturated rings. The minimum absolute atomic E-state index is 0.547. The van der Waals surface area contributed by atoms with Crippen molar-refractivity contribution in [1.82, 2.24) is 0 Å². The first kappa shape index (κ1) is 18.1. The summed E-state index contributed by atoms with van der Waals surface area (Å²) in [5.41, 5.74) is 3.66. The number of piperidine rings is 1. The minimum atomic E-state index is 0.547. The molecule has 1 aliphatic rings. The molecule has 0 amide bonds. The predicted molar refractivity (Wildman–Crippen MR) is 108 cm³/mol. The van der Waals surface area contributed by atoms with Crippen molar-refractivity contribution in [2.45, 2.75) is 19.3 Å². The Morgan fingerprint density at radius 3 is 2.31 bits per heavy atom. The summed E-state index contributed by atoms with van der Waals surface area (Å²) in [5.74, 6) is 1.29. The van der Waals surface area contributed by atoms with Gasteiger partial charge in [0.1, 0.15) is 5.75 Å². The van der Waals surface area contributed by atoms with Gasteiger partial charge in [-0.25, -0.2) is 4.99 Å². The molecule has 1 saturated heterocycles. The number of aliphatic imine (C=N–C) groups is 1. The molecule has 1 heterocycles. The van der Waals surface area contributed by atoms with E-state index in [1.54, 1.807) is 14.2 Å². The van der Waals surface area contributed by atoms with Gasteiger partial charge >= 0.3 is 0 Å². The molecule has 2 aromatic rings. The predicted octanol–water partition coefficient (Wildman–Crippen LogP) is 4.75. The van der Waals surface area contributed by atoms with Crippen LogP contribution in [0.3, 0.4) is 0 Å². The summed E-state index contributed by atoms with van der Waals surface area (Å²) >= 11 is 0. The molecule has 0 unspecified atom stereocenters. The summed E-state index contributed by atoms with van der Waals surface area (Å²) in [5, 5.41) is 0. The largest absolute Gasteiger partial charge is 0.496 e. The zero-order valence-corrected chi connectivity index (χ0v) is 15.6. The van der Waals surface area contributed by atoms with Gasteiger partial charge in [-0.2, -0.15) is 0 Å². The molecule has 0 spiro atoms. The second-order valence-corrected chi connectivity index (χ2v) is 6.36. The molecular formula is C22H26N2O2. The van der Waals surface area contributed by atoms with E-state index >= 15 is 0 Å². The number of methoxy groups -OCH3 is 2. The quantitative estimate of drug-likeness (QED) is 0.576. The Bertz CT molecular complexity index is 775. The maximum Gasteiger partial charge on any atom is 0.221 e. The lowest BCUT2D eigenvalue weighted by Crippen LogP contribution is -2.29. The third-order valence-electron chi connectivity index (χ3n) is 4.68. The first-order valence-electron chi connectivity index (χ1n) is 9.03. The molecule has 1 aliphatic heterocycles. The van der Waals surface area contributed by atoms with E-state index in [0.717, 1.165) is 30.0 Å². The Labute approximate surface area is 155 Å². The minimum Gasteiger partial charge on any atom is -0.496 e. The SMILES string of the molecule is C=C(N=C(OC)c1ccc(N2CCCCC2)cc1)c1ccccc1OC. The highest BCUT2D eigenvalue weighted by Gasteiger charge is 2.12. The average Bonchev–Trinajstić information content (AvgIpc) is 2.72. The maximum absolute atomic E-state index is 5.52. The Morgan fingerprint density at radius 1 is 0.962 bits per heavy atom. The number of rotatable bonds is 5. The van der Waals surface area contributed by atoms with Crippen molar-refractivity contribution in [3.05, 3.63) is 66.2 Å².